The largest absolute Gasteiger partial charge is 0.372 e. The lowest BCUT2D eigenvalue weighted by atomic mass is 9.88. The van der Waals surface area contributed by atoms with Gasteiger partial charge in [0.25, 0.3) is 0 Å². The van der Waals surface area contributed by atoms with Crippen LogP contribution in [0.3, 0.4) is 0 Å². The van der Waals surface area contributed by atoms with Crippen molar-refractivity contribution in [2.45, 2.75) is 45.6 Å². The second kappa shape index (κ2) is 18.3. The van der Waals surface area contributed by atoms with Crippen LogP contribution in [0.4, 0.5) is 5.69 Å². The number of amidine groups is 1. The molecule has 1 aromatic rings. The van der Waals surface area contributed by atoms with Crippen LogP contribution in [0.5, 0.6) is 0 Å². The lowest BCUT2D eigenvalue weighted by molar-refractivity contribution is -0.112. The van der Waals surface area contributed by atoms with Crippen LogP contribution in [0, 0.1) is 6.92 Å². The molecule has 3 heterocycles. The highest BCUT2D eigenvalue weighted by molar-refractivity contribution is 6.34. The maximum atomic E-state index is 13.9. The Morgan fingerprint density at radius 1 is 1.20 bits per heavy atom. The van der Waals surface area contributed by atoms with Crippen molar-refractivity contribution in [2.24, 2.45) is 15.7 Å². The van der Waals surface area contributed by atoms with Gasteiger partial charge in [-0.25, -0.2) is 0 Å². The highest BCUT2D eigenvalue weighted by atomic mass is 16.1. The van der Waals surface area contributed by atoms with Gasteiger partial charge in [0.1, 0.15) is 5.84 Å². The van der Waals surface area contributed by atoms with Crippen LogP contribution in [0.1, 0.15) is 38.2 Å². The minimum Gasteiger partial charge on any atom is -0.372 e. The molecule has 0 aliphatic carbocycles. The molecule has 1 aromatic carbocycles. The minimum atomic E-state index is 0.0473. The molecule has 3 aliphatic rings. The fraction of sp³-hybridized carbons (Fsp3) is 0.548. The zero-order valence-electron chi connectivity index (χ0n) is 25.7. The number of ketones is 1. The molecule has 1 amide bonds. The standard InChI is InChI=1S/C28H40N6O.C2H7N.CH3NO/c1-5-25-23(19-22-10-8-12-30-22)27(35)24(20-29-3)28(34(25)26-11-7-6-9-21(26)2)31-13-14-33-17-15-32(4)16-18-33;1-3-2;2-1-3/h6-7,9,11,20,22,30H,3,5,8,10,12-19H2,1-2,4H3;3H,1-2H3;1H,(H2,2,3)/b24-20-,31-28?;;. The van der Waals surface area contributed by atoms with E-state index in [1.165, 1.54) is 0 Å². The van der Waals surface area contributed by atoms with E-state index in [9.17, 15) is 4.79 Å². The molecule has 3 aliphatic heterocycles. The van der Waals surface area contributed by atoms with E-state index in [1.807, 2.05) is 14.1 Å². The number of aliphatic imine (C=N–C) groups is 2. The summed E-state index contributed by atoms with van der Waals surface area (Å²) in [6.07, 6.45) is 5.60. The number of Topliss-reactive ketones (excluding diaryl/α,β-unsaturated/α-hetero) is 1. The normalized spacial score (nSPS) is 21.8. The first-order chi connectivity index (χ1) is 19.9. The molecule has 0 spiro atoms. The number of carbonyl (C=O) groups excluding carboxylic acids is 2. The van der Waals surface area contributed by atoms with Crippen LogP contribution in [0.2, 0.25) is 0 Å². The molecular weight excluding hydrogens is 516 g/mol. The van der Waals surface area contributed by atoms with Crippen molar-refractivity contribution in [1.82, 2.24) is 20.4 Å². The van der Waals surface area contributed by atoms with Crippen molar-refractivity contribution in [3.63, 3.8) is 0 Å². The zero-order valence-corrected chi connectivity index (χ0v) is 25.7. The van der Waals surface area contributed by atoms with E-state index in [0.717, 1.165) is 87.5 Å². The SMILES string of the molecule is C=N/C=C1/C(=O)C(CC2CCCN2)=C(CC)N(c2ccccc2C)C1=NCCN1CCN(C)CC1.CNC.NC=O. The number of benzene rings is 1. The Labute approximate surface area is 246 Å². The second-order valence-corrected chi connectivity index (χ2v) is 10.4. The smallest absolute Gasteiger partial charge is 0.204 e. The van der Waals surface area contributed by atoms with E-state index in [4.69, 9.17) is 9.79 Å². The fourth-order valence-corrected chi connectivity index (χ4v) is 5.34. The number of amides is 1. The summed E-state index contributed by atoms with van der Waals surface area (Å²) in [6, 6.07) is 8.69. The molecule has 226 valence electrons. The van der Waals surface area contributed by atoms with Crippen molar-refractivity contribution in [1.29, 1.82) is 0 Å². The molecule has 1 atom stereocenters. The number of rotatable bonds is 8. The molecule has 0 saturated carbocycles. The number of hydrogen-bond acceptors (Lipinski definition) is 8. The lowest BCUT2D eigenvalue weighted by Gasteiger charge is -2.37. The van der Waals surface area contributed by atoms with E-state index in [2.05, 4.69) is 87.9 Å². The number of piperazine rings is 1. The predicted octanol–water partition coefficient (Wildman–Crippen LogP) is 2.36. The predicted molar refractivity (Wildman–Crippen MR) is 171 cm³/mol. The minimum absolute atomic E-state index is 0.0473. The van der Waals surface area contributed by atoms with Gasteiger partial charge >= 0.3 is 0 Å². The number of aryl methyl sites for hydroxylation is 1. The quantitative estimate of drug-likeness (QED) is 0.251. The van der Waals surface area contributed by atoms with E-state index in [1.54, 1.807) is 6.20 Å². The molecule has 0 radical (unpaired) electrons. The number of primary amides is 1. The Bertz CT molecular complexity index is 1080. The van der Waals surface area contributed by atoms with Crippen LogP contribution < -0.4 is 21.3 Å². The van der Waals surface area contributed by atoms with Gasteiger partial charge in [0.15, 0.2) is 5.78 Å². The molecule has 1 unspecified atom stereocenters. The summed E-state index contributed by atoms with van der Waals surface area (Å²) in [5, 5.41) is 6.32. The molecule has 10 heteroatoms. The molecule has 4 rings (SSSR count). The van der Waals surface area contributed by atoms with Crippen molar-refractivity contribution in [3.05, 3.63) is 52.9 Å². The summed E-state index contributed by atoms with van der Waals surface area (Å²) in [6.45, 7) is 14.7. The number of nitrogens with two attached hydrogens (primary N) is 1. The summed E-state index contributed by atoms with van der Waals surface area (Å²) in [4.78, 5) is 38.6. The summed E-state index contributed by atoms with van der Waals surface area (Å²) in [5.74, 6) is 0.747. The van der Waals surface area contributed by atoms with Crippen LogP contribution in [-0.4, -0.2) is 108 Å². The number of carbonyl (C=O) groups is 2. The molecule has 4 N–H and O–H groups in total. The Morgan fingerprint density at radius 3 is 2.41 bits per heavy atom. The third-order valence-corrected chi connectivity index (χ3v) is 7.39. The average molecular weight is 567 g/mol. The highest BCUT2D eigenvalue weighted by Crippen LogP contribution is 2.36. The first-order valence-corrected chi connectivity index (χ1v) is 14.6. The number of nitrogens with one attached hydrogen (secondary N) is 2. The first kappa shape index (κ1) is 34.0. The Hall–Kier alpha value is -3.18. The van der Waals surface area contributed by atoms with Crippen molar-refractivity contribution < 1.29 is 9.59 Å². The van der Waals surface area contributed by atoms with Gasteiger partial charge in [-0.2, -0.15) is 0 Å². The Balaban J connectivity index is 0.000000901. The number of anilines is 1. The topological polar surface area (TPSA) is 119 Å². The average Bonchev–Trinajstić information content (AvgIpc) is 3.47. The monoisotopic (exact) mass is 566 g/mol. The molecule has 10 nitrogen and oxygen atoms in total. The number of likely N-dealkylation sites (N-methyl/N-ethyl adjacent to an activating group) is 1. The van der Waals surface area contributed by atoms with Crippen molar-refractivity contribution in [2.75, 3.05) is 71.9 Å². The van der Waals surface area contributed by atoms with Gasteiger partial charge in [-0.15, -0.1) is 0 Å². The van der Waals surface area contributed by atoms with Gasteiger partial charge in [0.05, 0.1) is 17.8 Å². The number of allylic oxidation sites excluding steroid dienone is 1. The molecule has 41 heavy (non-hydrogen) atoms. The molecule has 0 aromatic heterocycles. The summed E-state index contributed by atoms with van der Waals surface area (Å²) in [7, 11) is 5.92. The van der Waals surface area contributed by atoms with Gasteiger partial charge in [-0.05, 0) is 78.6 Å². The number of nitrogens with zero attached hydrogens (tertiary/aromatic N) is 5. The molecule has 2 saturated heterocycles. The van der Waals surface area contributed by atoms with Gasteiger partial charge in [0.2, 0.25) is 6.41 Å². The summed E-state index contributed by atoms with van der Waals surface area (Å²) >= 11 is 0. The first-order valence-electron chi connectivity index (χ1n) is 14.6. The number of hydrogen-bond donors (Lipinski definition) is 3. The van der Waals surface area contributed by atoms with Crippen molar-refractivity contribution >= 4 is 30.4 Å². The van der Waals surface area contributed by atoms with Crippen LogP contribution in [-0.2, 0) is 9.59 Å². The summed E-state index contributed by atoms with van der Waals surface area (Å²) < 4.78 is 0. The van der Waals surface area contributed by atoms with Gasteiger partial charge in [-0.3, -0.25) is 29.4 Å². The molecular formula is C31H50N8O2. The Morgan fingerprint density at radius 2 is 1.85 bits per heavy atom. The highest BCUT2D eigenvalue weighted by Gasteiger charge is 2.37. The van der Waals surface area contributed by atoms with E-state index < -0.39 is 0 Å². The third-order valence-electron chi connectivity index (χ3n) is 7.39. The van der Waals surface area contributed by atoms with E-state index >= 15 is 0 Å². The molecule has 0 bridgehead atoms. The van der Waals surface area contributed by atoms with Gasteiger partial charge < -0.3 is 21.3 Å². The lowest BCUT2D eigenvalue weighted by Crippen LogP contribution is -2.45. The third kappa shape index (κ3) is 9.71. The Kier molecular flexibility index (Phi) is 15.2. The maximum absolute atomic E-state index is 13.9. The van der Waals surface area contributed by atoms with Gasteiger partial charge in [-0.1, -0.05) is 25.1 Å². The van der Waals surface area contributed by atoms with E-state index in [-0.39, 0.29) is 12.2 Å². The molecule has 2 fully saturated rings. The van der Waals surface area contributed by atoms with Crippen LogP contribution >= 0.6 is 0 Å². The second-order valence-electron chi connectivity index (χ2n) is 10.4. The van der Waals surface area contributed by atoms with Crippen molar-refractivity contribution in [3.8, 4) is 0 Å². The van der Waals surface area contributed by atoms with Gasteiger partial charge in [0, 0.05) is 56.2 Å². The van der Waals surface area contributed by atoms with Crippen LogP contribution in [0.15, 0.2) is 57.3 Å². The van der Waals surface area contributed by atoms with Crippen LogP contribution in [0.25, 0.3) is 0 Å². The zero-order chi connectivity index (χ0) is 30.2. The number of para-hydroxylation sites is 1. The van der Waals surface area contributed by atoms with E-state index in [0.29, 0.717) is 24.0 Å². The summed E-state index contributed by atoms with van der Waals surface area (Å²) in [5.41, 5.74) is 8.87. The maximum Gasteiger partial charge on any atom is 0.204 e. The fourth-order valence-electron chi connectivity index (χ4n) is 5.34.